The number of carbonyl (C=O) groups excluding carboxylic acids is 1. The number of nitrogens with one attached hydrogen (secondary N) is 1. The van der Waals surface area contributed by atoms with Crippen molar-refractivity contribution in [2.24, 2.45) is 0 Å². The molecule has 0 radical (unpaired) electrons. The molecule has 0 spiro atoms. The highest BCUT2D eigenvalue weighted by Crippen LogP contribution is 2.35. The van der Waals surface area contributed by atoms with Crippen molar-refractivity contribution in [1.82, 2.24) is 9.62 Å². The number of allylic oxidation sites excluding steroid dienone is 1. The van der Waals surface area contributed by atoms with Gasteiger partial charge in [-0.15, -0.1) is 0 Å². The molecule has 168 valence electrons. The summed E-state index contributed by atoms with van der Waals surface area (Å²) in [6, 6.07) is 13.5. The van der Waals surface area contributed by atoms with Gasteiger partial charge in [-0.05, 0) is 66.0 Å². The van der Waals surface area contributed by atoms with Crippen LogP contribution < -0.4 is 5.32 Å². The fourth-order valence-electron chi connectivity index (χ4n) is 5.36. The molecular weight excluding hydrogens is 420 g/mol. The van der Waals surface area contributed by atoms with E-state index in [9.17, 15) is 13.2 Å². The first kappa shape index (κ1) is 21.4. The van der Waals surface area contributed by atoms with Crippen LogP contribution in [0, 0.1) is 0 Å². The summed E-state index contributed by atoms with van der Waals surface area (Å²) >= 11 is 0. The molecule has 2 aromatic rings. The summed E-state index contributed by atoms with van der Waals surface area (Å²) in [5, 5.41) is 2.84. The Morgan fingerprint density at radius 3 is 2.28 bits per heavy atom. The Bertz CT molecular complexity index is 1150. The van der Waals surface area contributed by atoms with Crippen LogP contribution in [0.4, 0.5) is 0 Å². The predicted molar refractivity (Wildman–Crippen MR) is 124 cm³/mol. The largest absolute Gasteiger partial charge is 0.330 e. The van der Waals surface area contributed by atoms with Crippen LogP contribution in [-0.2, 0) is 27.9 Å². The van der Waals surface area contributed by atoms with Gasteiger partial charge in [0.25, 0.3) is 0 Å². The standard InChI is InChI=1S/C26H30N2O3S/c1-18-7-14-25(26(29)27-18)21-8-9-22-16-28(17-23(22)15-21)32(30,31)24-12-10-20(11-13-24)19-5-3-2-4-6-19/h8-13,15,19,25H,1-7,14,16-17H2,(H,27,29). The van der Waals surface area contributed by atoms with Gasteiger partial charge in [0.1, 0.15) is 0 Å². The number of nitrogens with zero attached hydrogens (tertiary/aromatic N) is 1. The van der Waals surface area contributed by atoms with E-state index in [4.69, 9.17) is 0 Å². The normalized spacial score (nSPS) is 22.6. The van der Waals surface area contributed by atoms with Crippen molar-refractivity contribution in [3.05, 3.63) is 77.0 Å². The zero-order chi connectivity index (χ0) is 22.3. The average Bonchev–Trinajstić information content (AvgIpc) is 3.24. The lowest BCUT2D eigenvalue weighted by atomic mass is 9.84. The fraction of sp³-hybridized carbons (Fsp3) is 0.423. The Kier molecular flexibility index (Phi) is 5.68. The van der Waals surface area contributed by atoms with Crippen molar-refractivity contribution in [2.75, 3.05) is 0 Å². The second kappa shape index (κ2) is 8.49. The molecule has 1 aliphatic carbocycles. The second-order valence-corrected chi connectivity index (χ2v) is 11.3. The SMILES string of the molecule is C=C1CCC(c2ccc3c(c2)CN(S(=O)(=O)c2ccc(C4CCCCC4)cc2)C3)C(=O)N1. The van der Waals surface area contributed by atoms with Gasteiger partial charge in [0.15, 0.2) is 0 Å². The number of sulfonamides is 1. The van der Waals surface area contributed by atoms with E-state index in [1.54, 1.807) is 16.4 Å². The first-order valence-corrected chi connectivity index (χ1v) is 13.1. The highest BCUT2D eigenvalue weighted by atomic mass is 32.2. The average molecular weight is 451 g/mol. The second-order valence-electron chi connectivity index (χ2n) is 9.39. The smallest absolute Gasteiger partial charge is 0.243 e. The van der Waals surface area contributed by atoms with Crippen LogP contribution in [-0.4, -0.2) is 18.6 Å². The molecule has 1 amide bonds. The number of carbonyl (C=O) groups is 1. The minimum atomic E-state index is -3.57. The minimum Gasteiger partial charge on any atom is -0.330 e. The highest BCUT2D eigenvalue weighted by Gasteiger charge is 2.32. The summed E-state index contributed by atoms with van der Waals surface area (Å²) in [5.74, 6) is 0.328. The highest BCUT2D eigenvalue weighted by molar-refractivity contribution is 7.89. The Morgan fingerprint density at radius 1 is 0.875 bits per heavy atom. The third kappa shape index (κ3) is 4.02. The molecule has 1 atom stereocenters. The van der Waals surface area contributed by atoms with Crippen LogP contribution in [0.25, 0.3) is 0 Å². The van der Waals surface area contributed by atoms with Gasteiger partial charge in [0.05, 0.1) is 10.8 Å². The maximum Gasteiger partial charge on any atom is 0.243 e. The first-order valence-electron chi connectivity index (χ1n) is 11.6. The van der Waals surface area contributed by atoms with E-state index in [0.29, 0.717) is 23.9 Å². The van der Waals surface area contributed by atoms with Gasteiger partial charge in [-0.2, -0.15) is 4.31 Å². The summed E-state index contributed by atoms with van der Waals surface area (Å²) in [4.78, 5) is 12.7. The molecule has 2 fully saturated rings. The molecular formula is C26H30N2O3S. The third-order valence-electron chi connectivity index (χ3n) is 7.27. The van der Waals surface area contributed by atoms with Crippen molar-refractivity contribution in [3.8, 4) is 0 Å². The van der Waals surface area contributed by atoms with Gasteiger partial charge in [0.2, 0.25) is 15.9 Å². The van der Waals surface area contributed by atoms with E-state index in [2.05, 4.69) is 11.9 Å². The van der Waals surface area contributed by atoms with Crippen LogP contribution in [0.5, 0.6) is 0 Å². The summed E-state index contributed by atoms with van der Waals surface area (Å²) in [5.41, 5.74) is 4.97. The number of piperidine rings is 1. The lowest BCUT2D eigenvalue weighted by molar-refractivity contribution is -0.122. The van der Waals surface area contributed by atoms with Crippen molar-refractivity contribution in [3.63, 3.8) is 0 Å². The molecule has 3 aliphatic rings. The van der Waals surface area contributed by atoms with Crippen molar-refractivity contribution in [2.45, 2.75) is 74.8 Å². The Balaban J connectivity index is 1.32. The molecule has 0 bridgehead atoms. The van der Waals surface area contributed by atoms with E-state index in [1.807, 2.05) is 30.3 Å². The molecule has 2 heterocycles. The number of fused-ring (bicyclic) bond motifs is 1. The topological polar surface area (TPSA) is 66.5 Å². The molecule has 1 unspecified atom stereocenters. The van der Waals surface area contributed by atoms with E-state index >= 15 is 0 Å². The lowest BCUT2D eigenvalue weighted by Crippen LogP contribution is -2.33. The molecule has 5 nitrogen and oxygen atoms in total. The zero-order valence-electron chi connectivity index (χ0n) is 18.3. The Labute approximate surface area is 190 Å². The molecule has 1 saturated carbocycles. The Hall–Kier alpha value is -2.44. The van der Waals surface area contributed by atoms with Crippen LogP contribution in [0.3, 0.4) is 0 Å². The van der Waals surface area contributed by atoms with Gasteiger partial charge in [-0.3, -0.25) is 4.79 Å². The van der Waals surface area contributed by atoms with E-state index in [1.165, 1.54) is 37.7 Å². The number of rotatable bonds is 4. The van der Waals surface area contributed by atoms with Crippen LogP contribution in [0.1, 0.15) is 79.0 Å². The molecule has 32 heavy (non-hydrogen) atoms. The molecule has 2 aliphatic heterocycles. The van der Waals surface area contributed by atoms with Crippen LogP contribution >= 0.6 is 0 Å². The van der Waals surface area contributed by atoms with Crippen molar-refractivity contribution < 1.29 is 13.2 Å². The summed E-state index contributed by atoms with van der Waals surface area (Å²) in [6.45, 7) is 4.56. The van der Waals surface area contributed by atoms with E-state index in [-0.39, 0.29) is 11.8 Å². The van der Waals surface area contributed by atoms with Gasteiger partial charge in [0, 0.05) is 18.8 Å². The van der Waals surface area contributed by atoms with Crippen molar-refractivity contribution in [1.29, 1.82) is 0 Å². The number of benzene rings is 2. The number of hydrogen-bond donors (Lipinski definition) is 1. The summed E-state index contributed by atoms with van der Waals surface area (Å²) in [6.07, 6.45) is 7.72. The van der Waals surface area contributed by atoms with E-state index in [0.717, 1.165) is 35.2 Å². The molecule has 1 saturated heterocycles. The first-order chi connectivity index (χ1) is 15.4. The van der Waals surface area contributed by atoms with Crippen LogP contribution in [0.2, 0.25) is 0 Å². The zero-order valence-corrected chi connectivity index (χ0v) is 19.2. The van der Waals surface area contributed by atoms with Gasteiger partial charge in [-0.25, -0.2) is 8.42 Å². The van der Waals surface area contributed by atoms with E-state index < -0.39 is 10.0 Å². The Morgan fingerprint density at radius 2 is 1.56 bits per heavy atom. The van der Waals surface area contributed by atoms with Gasteiger partial charge in [-0.1, -0.05) is 56.2 Å². The third-order valence-corrected chi connectivity index (χ3v) is 9.08. The van der Waals surface area contributed by atoms with Gasteiger partial charge >= 0.3 is 0 Å². The number of amides is 1. The lowest BCUT2D eigenvalue weighted by Gasteiger charge is -2.24. The maximum atomic E-state index is 13.3. The maximum absolute atomic E-state index is 13.3. The predicted octanol–water partition coefficient (Wildman–Crippen LogP) is 4.95. The van der Waals surface area contributed by atoms with Gasteiger partial charge < -0.3 is 5.32 Å². The molecule has 2 aromatic carbocycles. The quantitative estimate of drug-likeness (QED) is 0.717. The summed E-state index contributed by atoms with van der Waals surface area (Å²) in [7, 11) is -3.57. The molecule has 1 N–H and O–H groups in total. The minimum absolute atomic E-state index is 0.0262. The molecule has 5 rings (SSSR count). The summed E-state index contributed by atoms with van der Waals surface area (Å²) < 4.78 is 28.2. The molecule has 6 heteroatoms. The van der Waals surface area contributed by atoms with Crippen LogP contribution in [0.15, 0.2) is 59.6 Å². The number of hydrogen-bond acceptors (Lipinski definition) is 3. The van der Waals surface area contributed by atoms with Crippen molar-refractivity contribution >= 4 is 15.9 Å². The fourth-order valence-corrected chi connectivity index (χ4v) is 6.75. The molecule has 0 aromatic heterocycles. The monoisotopic (exact) mass is 450 g/mol.